The van der Waals surface area contributed by atoms with Gasteiger partial charge in [-0.15, -0.1) is 0 Å². The molecule has 0 atom stereocenters. The van der Waals surface area contributed by atoms with Crippen molar-refractivity contribution < 1.29 is 19.1 Å². The number of carbonyl (C=O) groups is 1. The summed E-state index contributed by atoms with van der Waals surface area (Å²) in [4.78, 5) is 26.9. The Labute approximate surface area is 68.5 Å². The van der Waals surface area contributed by atoms with Crippen LogP contribution in [-0.2, 0) is 9.36 Å². The van der Waals surface area contributed by atoms with Gasteiger partial charge in [-0.05, 0) is 11.4 Å². The van der Waals surface area contributed by atoms with Gasteiger partial charge in [-0.2, -0.15) is 0 Å². The standard InChI is InChI=1S/C4H10NO4PS/c1-4(6)5-2-3-11-10(7,8)9/h2-3H2,1H3,(H,5,6)(H2,7,8,9). The van der Waals surface area contributed by atoms with Gasteiger partial charge in [0.05, 0.1) is 0 Å². The average molecular weight is 199 g/mol. The van der Waals surface area contributed by atoms with E-state index in [0.29, 0.717) is 11.4 Å². The summed E-state index contributed by atoms with van der Waals surface area (Å²) >= 11 is 0.527. The second kappa shape index (κ2) is 4.77. The molecule has 0 rings (SSSR count). The summed E-state index contributed by atoms with van der Waals surface area (Å²) in [5.74, 6) is 0.0282. The summed E-state index contributed by atoms with van der Waals surface area (Å²) in [7, 11) is 0. The van der Waals surface area contributed by atoms with E-state index in [1.54, 1.807) is 0 Å². The van der Waals surface area contributed by atoms with Gasteiger partial charge in [-0.25, -0.2) is 4.57 Å². The first-order chi connectivity index (χ1) is 4.92. The number of nitrogens with one attached hydrogen (secondary N) is 1. The molecule has 5 nitrogen and oxygen atoms in total. The highest BCUT2D eigenvalue weighted by Gasteiger charge is 2.12. The van der Waals surface area contributed by atoms with Crippen molar-refractivity contribution in [1.82, 2.24) is 5.32 Å². The molecule has 0 aromatic heterocycles. The van der Waals surface area contributed by atoms with Crippen LogP contribution in [0.15, 0.2) is 0 Å². The lowest BCUT2D eigenvalue weighted by molar-refractivity contribution is -0.118. The summed E-state index contributed by atoms with van der Waals surface area (Å²) in [5, 5.41) is 2.42. The SMILES string of the molecule is CC(=O)NCCSP(=O)(O)O. The molecule has 11 heavy (non-hydrogen) atoms. The van der Waals surface area contributed by atoms with Crippen molar-refractivity contribution >= 4 is 24.1 Å². The molecule has 0 heterocycles. The van der Waals surface area contributed by atoms with E-state index in [2.05, 4.69) is 5.32 Å². The number of rotatable bonds is 4. The first-order valence-corrected chi connectivity index (χ1v) is 6.06. The zero-order chi connectivity index (χ0) is 8.91. The van der Waals surface area contributed by atoms with Gasteiger partial charge in [0.1, 0.15) is 0 Å². The van der Waals surface area contributed by atoms with E-state index in [4.69, 9.17) is 9.79 Å². The maximum atomic E-state index is 10.3. The number of amides is 1. The predicted molar refractivity (Wildman–Crippen MR) is 43.2 cm³/mol. The Morgan fingerprint density at radius 3 is 2.55 bits per heavy atom. The van der Waals surface area contributed by atoms with E-state index >= 15 is 0 Å². The summed E-state index contributed by atoms with van der Waals surface area (Å²) in [6.07, 6.45) is 0. The highest BCUT2D eigenvalue weighted by Crippen LogP contribution is 2.49. The van der Waals surface area contributed by atoms with E-state index in [-0.39, 0.29) is 18.2 Å². The van der Waals surface area contributed by atoms with Gasteiger partial charge in [-0.3, -0.25) is 4.79 Å². The molecule has 3 N–H and O–H groups in total. The first kappa shape index (κ1) is 11.0. The lowest BCUT2D eigenvalue weighted by Crippen LogP contribution is -2.22. The van der Waals surface area contributed by atoms with Crippen LogP contribution < -0.4 is 5.32 Å². The van der Waals surface area contributed by atoms with Crippen LogP contribution in [0.25, 0.3) is 0 Å². The molecule has 0 fully saturated rings. The van der Waals surface area contributed by atoms with E-state index in [1.165, 1.54) is 6.92 Å². The molecule has 0 bridgehead atoms. The highest BCUT2D eigenvalue weighted by atomic mass is 32.7. The fraction of sp³-hybridized carbons (Fsp3) is 0.750. The Hall–Kier alpha value is -0.0300. The van der Waals surface area contributed by atoms with Crippen molar-refractivity contribution in [2.75, 3.05) is 12.3 Å². The van der Waals surface area contributed by atoms with E-state index in [1.807, 2.05) is 0 Å². The third-order valence-corrected chi connectivity index (χ3v) is 3.02. The van der Waals surface area contributed by atoms with Crippen LogP contribution in [0, 0.1) is 0 Å². The summed E-state index contributed by atoms with van der Waals surface area (Å²) in [6.45, 7) is -2.33. The number of hydrogen-bond donors (Lipinski definition) is 3. The third-order valence-electron chi connectivity index (χ3n) is 0.735. The molecule has 0 saturated carbocycles. The minimum absolute atomic E-state index is 0.198. The van der Waals surface area contributed by atoms with Gasteiger partial charge in [0.25, 0.3) is 0 Å². The van der Waals surface area contributed by atoms with Gasteiger partial charge in [-0.1, -0.05) is 0 Å². The molecule has 0 saturated heterocycles. The molecule has 0 radical (unpaired) electrons. The number of hydrogen-bond acceptors (Lipinski definition) is 3. The maximum Gasteiger partial charge on any atom is 0.384 e. The van der Waals surface area contributed by atoms with Crippen molar-refractivity contribution in [3.8, 4) is 0 Å². The quantitative estimate of drug-likeness (QED) is 0.436. The zero-order valence-corrected chi connectivity index (χ0v) is 7.69. The fourth-order valence-electron chi connectivity index (χ4n) is 0.392. The Kier molecular flexibility index (Phi) is 4.76. The molecular formula is C4H10NO4PS. The first-order valence-electron chi connectivity index (χ1n) is 2.86. The normalized spacial score (nSPS) is 11.2. The summed E-state index contributed by atoms with van der Waals surface area (Å²) in [6, 6.07) is 0. The van der Waals surface area contributed by atoms with Gasteiger partial charge < -0.3 is 15.1 Å². The minimum Gasteiger partial charge on any atom is -0.356 e. The molecule has 0 aliphatic rings. The van der Waals surface area contributed by atoms with Crippen LogP contribution in [0.1, 0.15) is 6.92 Å². The van der Waals surface area contributed by atoms with Crippen molar-refractivity contribution in [1.29, 1.82) is 0 Å². The Balaban J connectivity index is 3.29. The van der Waals surface area contributed by atoms with Crippen LogP contribution in [0.2, 0.25) is 0 Å². The molecule has 66 valence electrons. The molecule has 1 amide bonds. The van der Waals surface area contributed by atoms with E-state index in [0.717, 1.165) is 0 Å². The average Bonchev–Trinajstić information content (AvgIpc) is 1.78. The Morgan fingerprint density at radius 2 is 2.18 bits per heavy atom. The van der Waals surface area contributed by atoms with E-state index in [9.17, 15) is 9.36 Å². The molecule has 7 heteroatoms. The zero-order valence-electron chi connectivity index (χ0n) is 5.98. The molecular weight excluding hydrogens is 189 g/mol. The molecule has 0 spiro atoms. The third kappa shape index (κ3) is 9.97. The molecule has 0 aliphatic heterocycles. The van der Waals surface area contributed by atoms with Gasteiger partial charge >= 0.3 is 6.80 Å². The number of carbonyl (C=O) groups excluding carboxylic acids is 1. The van der Waals surface area contributed by atoms with Crippen molar-refractivity contribution in [2.24, 2.45) is 0 Å². The lowest BCUT2D eigenvalue weighted by Gasteiger charge is -2.02. The Bertz CT molecular complexity index is 179. The molecule has 0 aliphatic carbocycles. The van der Waals surface area contributed by atoms with Crippen LogP contribution >= 0.6 is 18.2 Å². The topological polar surface area (TPSA) is 86.6 Å². The van der Waals surface area contributed by atoms with E-state index < -0.39 is 6.80 Å². The fourth-order valence-corrected chi connectivity index (χ4v) is 1.81. The van der Waals surface area contributed by atoms with Crippen molar-refractivity contribution in [2.45, 2.75) is 6.92 Å². The van der Waals surface area contributed by atoms with Crippen molar-refractivity contribution in [3.05, 3.63) is 0 Å². The van der Waals surface area contributed by atoms with Crippen LogP contribution in [0.3, 0.4) is 0 Å². The van der Waals surface area contributed by atoms with Gasteiger partial charge in [0, 0.05) is 19.2 Å². The monoisotopic (exact) mass is 199 g/mol. The van der Waals surface area contributed by atoms with Crippen LogP contribution in [0.5, 0.6) is 0 Å². The smallest absolute Gasteiger partial charge is 0.356 e. The molecule has 0 aromatic rings. The minimum atomic E-state index is -3.96. The Morgan fingerprint density at radius 1 is 1.64 bits per heavy atom. The summed E-state index contributed by atoms with van der Waals surface area (Å²) in [5.41, 5.74) is 0. The summed E-state index contributed by atoms with van der Waals surface area (Å²) < 4.78 is 10.2. The van der Waals surface area contributed by atoms with Gasteiger partial charge in [0.15, 0.2) is 0 Å². The van der Waals surface area contributed by atoms with Crippen LogP contribution in [0.4, 0.5) is 0 Å². The molecule has 0 aromatic carbocycles. The molecule has 0 unspecified atom stereocenters. The highest BCUT2D eigenvalue weighted by molar-refractivity contribution is 8.54. The largest absolute Gasteiger partial charge is 0.384 e. The van der Waals surface area contributed by atoms with Crippen LogP contribution in [-0.4, -0.2) is 28.0 Å². The lowest BCUT2D eigenvalue weighted by atomic mass is 10.6. The van der Waals surface area contributed by atoms with Gasteiger partial charge in [0.2, 0.25) is 5.91 Å². The predicted octanol–water partition coefficient (Wildman–Crippen LogP) is -0.0516. The maximum absolute atomic E-state index is 10.3. The second-order valence-corrected chi connectivity index (χ2v) is 5.66. The second-order valence-electron chi connectivity index (χ2n) is 1.81. The van der Waals surface area contributed by atoms with Crippen molar-refractivity contribution in [3.63, 3.8) is 0 Å².